The standard InChI is InChI=1S/C31H34N4O6/c1-15(2)11-23(37)28(39)32-21-13-17-9-10-24-19(12-17)31(18-7-5-6-8-20(18)34-30(31)40-24)26-22(14-36)33-29(41-26)25(16(3)4)35-27(21)38/h5-10,12,14-16,21,23,25,30,34,37H,11,13H2,1-4H3,(H,32,39)(H,35,38)/t21-,23-,25-,30?,31?/m0/s1. The maximum Gasteiger partial charge on any atom is 0.249 e. The molecule has 3 aliphatic rings. The molecule has 4 bridgehead atoms. The summed E-state index contributed by atoms with van der Waals surface area (Å²) in [4.78, 5) is 43.7. The lowest BCUT2D eigenvalue weighted by Gasteiger charge is -2.28. The molecule has 10 heteroatoms. The maximum absolute atomic E-state index is 13.7. The number of para-hydroxylation sites is 1. The largest absolute Gasteiger partial charge is 0.469 e. The lowest BCUT2D eigenvalue weighted by molar-refractivity contribution is -0.135. The minimum absolute atomic E-state index is 0.0983. The van der Waals surface area contributed by atoms with Crippen LogP contribution in [0.15, 0.2) is 46.9 Å². The Morgan fingerprint density at radius 1 is 1.17 bits per heavy atom. The van der Waals surface area contributed by atoms with Crippen molar-refractivity contribution in [2.45, 2.75) is 70.4 Å². The van der Waals surface area contributed by atoms with Crippen molar-refractivity contribution < 1.29 is 28.6 Å². The molecular weight excluding hydrogens is 524 g/mol. The topological polar surface area (TPSA) is 143 Å². The number of hydrogen-bond donors (Lipinski definition) is 4. The van der Waals surface area contributed by atoms with E-state index in [1.165, 1.54) is 0 Å². The third kappa shape index (κ3) is 4.28. The summed E-state index contributed by atoms with van der Waals surface area (Å²) in [7, 11) is 0. The Morgan fingerprint density at radius 2 is 1.95 bits per heavy atom. The predicted octanol–water partition coefficient (Wildman–Crippen LogP) is 3.23. The van der Waals surface area contributed by atoms with Crippen LogP contribution in [-0.2, 0) is 21.4 Å². The first kappa shape index (κ1) is 27.0. The van der Waals surface area contributed by atoms with Crippen molar-refractivity contribution >= 4 is 23.8 Å². The molecule has 0 aliphatic carbocycles. The van der Waals surface area contributed by atoms with Crippen LogP contribution in [-0.4, -0.2) is 46.6 Å². The van der Waals surface area contributed by atoms with Gasteiger partial charge in [-0.05, 0) is 41.5 Å². The van der Waals surface area contributed by atoms with Crippen molar-refractivity contribution in [1.82, 2.24) is 15.6 Å². The zero-order valence-electron chi connectivity index (χ0n) is 23.4. The molecule has 41 heavy (non-hydrogen) atoms. The van der Waals surface area contributed by atoms with Gasteiger partial charge < -0.3 is 30.2 Å². The Kier molecular flexibility index (Phi) is 6.60. The van der Waals surface area contributed by atoms with E-state index < -0.39 is 41.6 Å². The molecule has 3 aromatic rings. The number of aliphatic hydroxyl groups is 1. The number of oxazole rings is 1. The van der Waals surface area contributed by atoms with E-state index in [0.29, 0.717) is 17.8 Å². The molecule has 10 nitrogen and oxygen atoms in total. The van der Waals surface area contributed by atoms with Gasteiger partial charge in [0.15, 0.2) is 18.3 Å². The van der Waals surface area contributed by atoms with Crippen molar-refractivity contribution in [3.8, 4) is 5.75 Å². The normalized spacial score (nSPS) is 24.8. The fourth-order valence-corrected chi connectivity index (χ4v) is 6.23. The highest BCUT2D eigenvalue weighted by Crippen LogP contribution is 2.58. The molecule has 0 saturated carbocycles. The van der Waals surface area contributed by atoms with Crippen molar-refractivity contribution in [3.63, 3.8) is 0 Å². The van der Waals surface area contributed by atoms with E-state index in [0.717, 1.165) is 22.4 Å². The quantitative estimate of drug-likeness (QED) is 0.338. The molecule has 1 spiro atoms. The number of aliphatic hydroxyl groups excluding tert-OH is 1. The summed E-state index contributed by atoms with van der Waals surface area (Å²) in [6.45, 7) is 7.65. The van der Waals surface area contributed by atoms with Crippen LogP contribution in [0.4, 0.5) is 5.69 Å². The van der Waals surface area contributed by atoms with Gasteiger partial charge in [0.25, 0.3) is 0 Å². The zero-order valence-corrected chi connectivity index (χ0v) is 23.4. The van der Waals surface area contributed by atoms with Crippen molar-refractivity contribution in [2.75, 3.05) is 5.32 Å². The molecule has 1 aromatic heterocycles. The Morgan fingerprint density at radius 3 is 2.68 bits per heavy atom. The fourth-order valence-electron chi connectivity index (χ4n) is 6.23. The van der Waals surface area contributed by atoms with Crippen LogP contribution < -0.4 is 20.7 Å². The summed E-state index contributed by atoms with van der Waals surface area (Å²) in [6.07, 6.45) is -0.717. The van der Waals surface area contributed by atoms with Crippen LogP contribution in [0.3, 0.4) is 0 Å². The van der Waals surface area contributed by atoms with Crippen LogP contribution in [0.1, 0.15) is 79.0 Å². The summed E-state index contributed by atoms with van der Waals surface area (Å²) >= 11 is 0. The minimum Gasteiger partial charge on any atom is -0.469 e. The average Bonchev–Trinajstić information content (AvgIpc) is 3.58. The first-order valence-electron chi connectivity index (χ1n) is 14.0. The van der Waals surface area contributed by atoms with Crippen molar-refractivity contribution in [1.29, 1.82) is 0 Å². The summed E-state index contributed by atoms with van der Waals surface area (Å²) in [5.74, 6) is 0.0431. The van der Waals surface area contributed by atoms with Crippen LogP contribution in [0.25, 0.3) is 0 Å². The number of fused-ring (bicyclic) bond motifs is 4. The van der Waals surface area contributed by atoms with Gasteiger partial charge in [-0.1, -0.05) is 58.0 Å². The molecule has 0 radical (unpaired) electrons. The Balaban J connectivity index is 1.54. The fraction of sp³-hybridized carbons (Fsp3) is 0.419. The number of benzene rings is 2. The SMILES string of the molecule is CC(C)C[C@H](O)C(=O)N[C@H]1Cc2ccc3c(c2)C2(c4ccccc4NC2O3)c2oc(nc2C=O)[C@H](C(C)C)NC1=O. The van der Waals surface area contributed by atoms with Gasteiger partial charge in [0.1, 0.15) is 35.0 Å². The highest BCUT2D eigenvalue weighted by atomic mass is 16.5. The molecule has 2 aromatic carbocycles. The summed E-state index contributed by atoms with van der Waals surface area (Å²) in [6, 6.07) is 11.8. The monoisotopic (exact) mass is 558 g/mol. The maximum atomic E-state index is 13.7. The van der Waals surface area contributed by atoms with E-state index in [2.05, 4.69) is 20.9 Å². The number of anilines is 1. The molecule has 4 heterocycles. The van der Waals surface area contributed by atoms with E-state index >= 15 is 0 Å². The summed E-state index contributed by atoms with van der Waals surface area (Å²) < 4.78 is 12.9. The van der Waals surface area contributed by atoms with Gasteiger partial charge in [0, 0.05) is 17.7 Å². The Hall–Kier alpha value is -4.18. The molecule has 5 atom stereocenters. The second kappa shape index (κ2) is 10.0. The summed E-state index contributed by atoms with van der Waals surface area (Å²) in [5.41, 5.74) is 2.40. The van der Waals surface area contributed by atoms with E-state index in [4.69, 9.17) is 9.15 Å². The molecule has 6 rings (SSSR count). The van der Waals surface area contributed by atoms with Gasteiger partial charge in [-0.15, -0.1) is 0 Å². The lowest BCUT2D eigenvalue weighted by Crippen LogP contribution is -2.52. The number of aldehydes is 1. The number of aromatic nitrogens is 1. The minimum atomic E-state index is -1.24. The predicted molar refractivity (Wildman–Crippen MR) is 150 cm³/mol. The van der Waals surface area contributed by atoms with Crippen LogP contribution in [0, 0.1) is 11.8 Å². The lowest BCUT2D eigenvalue weighted by atomic mass is 9.72. The molecular formula is C31H34N4O6. The number of rotatable bonds is 6. The van der Waals surface area contributed by atoms with E-state index in [1.807, 2.05) is 70.2 Å². The average molecular weight is 559 g/mol. The van der Waals surface area contributed by atoms with Crippen LogP contribution in [0.5, 0.6) is 5.75 Å². The second-order valence-electron chi connectivity index (χ2n) is 11.9. The number of ether oxygens (including phenoxy) is 1. The number of nitrogens with zero attached hydrogens (tertiary/aromatic N) is 1. The highest BCUT2D eigenvalue weighted by molar-refractivity contribution is 5.90. The number of amides is 2. The highest BCUT2D eigenvalue weighted by Gasteiger charge is 2.60. The van der Waals surface area contributed by atoms with Gasteiger partial charge in [-0.2, -0.15) is 0 Å². The Labute approximate surface area is 237 Å². The summed E-state index contributed by atoms with van der Waals surface area (Å²) in [5, 5.41) is 19.7. The van der Waals surface area contributed by atoms with Gasteiger partial charge in [0.05, 0.1) is 0 Å². The zero-order chi connectivity index (χ0) is 29.1. The Bertz CT molecular complexity index is 1530. The molecule has 2 unspecified atom stereocenters. The van der Waals surface area contributed by atoms with Crippen LogP contribution in [0.2, 0.25) is 0 Å². The molecule has 0 fully saturated rings. The smallest absolute Gasteiger partial charge is 0.249 e. The first-order valence-corrected chi connectivity index (χ1v) is 14.0. The van der Waals surface area contributed by atoms with Crippen molar-refractivity contribution in [3.05, 3.63) is 76.5 Å². The van der Waals surface area contributed by atoms with Gasteiger partial charge in [0.2, 0.25) is 17.7 Å². The molecule has 4 N–H and O–H groups in total. The number of carbonyl (C=O) groups is 3. The number of carbonyl (C=O) groups excluding carboxylic acids is 3. The molecule has 3 aliphatic heterocycles. The number of hydrogen-bond acceptors (Lipinski definition) is 8. The first-order chi connectivity index (χ1) is 19.6. The second-order valence-corrected chi connectivity index (χ2v) is 11.9. The third-order valence-electron chi connectivity index (χ3n) is 8.19. The van der Waals surface area contributed by atoms with Gasteiger partial charge in [-0.3, -0.25) is 14.4 Å². The molecule has 214 valence electrons. The van der Waals surface area contributed by atoms with Gasteiger partial charge in [-0.25, -0.2) is 4.98 Å². The third-order valence-corrected chi connectivity index (χ3v) is 8.19. The molecule has 2 amide bonds. The van der Waals surface area contributed by atoms with Crippen molar-refractivity contribution in [2.24, 2.45) is 11.8 Å². The molecule has 0 saturated heterocycles. The van der Waals surface area contributed by atoms with E-state index in [1.54, 1.807) is 0 Å². The van der Waals surface area contributed by atoms with E-state index in [-0.39, 0.29) is 36.3 Å². The van der Waals surface area contributed by atoms with Gasteiger partial charge >= 0.3 is 0 Å². The van der Waals surface area contributed by atoms with E-state index in [9.17, 15) is 19.5 Å². The van der Waals surface area contributed by atoms with Crippen LogP contribution >= 0.6 is 0 Å². The number of nitrogens with one attached hydrogen (secondary N) is 3.